The highest BCUT2D eigenvalue weighted by Crippen LogP contribution is 2.20. The molecule has 1 atom stereocenters. The number of nitrogens with one attached hydrogen (secondary N) is 1. The van der Waals surface area contributed by atoms with Crippen LogP contribution in [0.25, 0.3) is 0 Å². The zero-order valence-corrected chi connectivity index (χ0v) is 14.1. The average molecular weight is 316 g/mol. The number of hydrogen-bond acceptors (Lipinski definition) is 5. The Kier molecular flexibility index (Phi) is 7.55. The molecule has 0 aliphatic carbocycles. The summed E-state index contributed by atoms with van der Waals surface area (Å²) in [4.78, 5) is 5.50. The quantitative estimate of drug-likeness (QED) is 0.710. The molecule has 0 amide bonds. The molecule has 1 aromatic heterocycles. The highest BCUT2D eigenvalue weighted by atomic mass is 32.2. The molecule has 0 saturated heterocycles. The number of thioether (sulfide) groups is 1. The van der Waals surface area contributed by atoms with Crippen molar-refractivity contribution in [3.8, 4) is 0 Å². The zero-order valence-electron chi connectivity index (χ0n) is 12.4. The Bertz CT molecular complexity index is 486. The lowest BCUT2D eigenvalue weighted by atomic mass is 10.1. The fourth-order valence-electron chi connectivity index (χ4n) is 1.77. The normalized spacial score (nSPS) is 13.3. The third kappa shape index (κ3) is 6.72. The van der Waals surface area contributed by atoms with E-state index in [-0.39, 0.29) is 5.75 Å². The lowest BCUT2D eigenvalue weighted by Crippen LogP contribution is -2.22. The van der Waals surface area contributed by atoms with E-state index in [0.717, 1.165) is 30.0 Å². The van der Waals surface area contributed by atoms with Gasteiger partial charge in [0, 0.05) is 29.1 Å². The van der Waals surface area contributed by atoms with Crippen molar-refractivity contribution in [2.24, 2.45) is 0 Å². The van der Waals surface area contributed by atoms with Crippen molar-refractivity contribution in [2.75, 3.05) is 24.3 Å². The van der Waals surface area contributed by atoms with Gasteiger partial charge in [-0.15, -0.1) is 11.8 Å². The van der Waals surface area contributed by atoms with Crippen molar-refractivity contribution in [1.82, 2.24) is 10.3 Å². The summed E-state index contributed by atoms with van der Waals surface area (Å²) >= 11 is 1.53. The Morgan fingerprint density at radius 1 is 1.35 bits per heavy atom. The van der Waals surface area contributed by atoms with Gasteiger partial charge in [-0.25, -0.2) is 8.42 Å². The van der Waals surface area contributed by atoms with Crippen LogP contribution in [-0.4, -0.2) is 37.7 Å². The van der Waals surface area contributed by atoms with Gasteiger partial charge in [0.05, 0.1) is 11.4 Å². The second kappa shape index (κ2) is 8.64. The first-order chi connectivity index (χ1) is 9.46. The SMILES string of the molecule is CCCNC(CC)c1ccc(SCCS(C)(=O)=O)cn1. The number of hydrogen-bond donors (Lipinski definition) is 1. The van der Waals surface area contributed by atoms with Crippen LogP contribution in [0.2, 0.25) is 0 Å². The maximum atomic E-state index is 11.1. The molecule has 1 N–H and O–H groups in total. The molecule has 6 heteroatoms. The van der Waals surface area contributed by atoms with Gasteiger partial charge in [-0.2, -0.15) is 0 Å². The van der Waals surface area contributed by atoms with Crippen molar-refractivity contribution < 1.29 is 8.42 Å². The van der Waals surface area contributed by atoms with Crippen LogP contribution in [0.5, 0.6) is 0 Å². The van der Waals surface area contributed by atoms with Crippen LogP contribution < -0.4 is 5.32 Å². The second-order valence-electron chi connectivity index (χ2n) is 4.81. The monoisotopic (exact) mass is 316 g/mol. The van der Waals surface area contributed by atoms with Gasteiger partial charge in [0.15, 0.2) is 0 Å². The Morgan fingerprint density at radius 2 is 2.10 bits per heavy atom. The van der Waals surface area contributed by atoms with Crippen LogP contribution >= 0.6 is 11.8 Å². The Hall–Kier alpha value is -0.590. The predicted molar refractivity (Wildman–Crippen MR) is 86.0 cm³/mol. The van der Waals surface area contributed by atoms with Gasteiger partial charge >= 0.3 is 0 Å². The van der Waals surface area contributed by atoms with Crippen LogP contribution in [0.15, 0.2) is 23.2 Å². The van der Waals surface area contributed by atoms with E-state index in [1.54, 1.807) is 0 Å². The smallest absolute Gasteiger partial charge is 0.148 e. The molecule has 0 radical (unpaired) electrons. The Balaban J connectivity index is 2.54. The lowest BCUT2D eigenvalue weighted by Gasteiger charge is -2.16. The fourth-order valence-corrected chi connectivity index (χ4v) is 3.84. The summed E-state index contributed by atoms with van der Waals surface area (Å²) in [7, 11) is -2.88. The van der Waals surface area contributed by atoms with Crippen LogP contribution in [0.1, 0.15) is 38.4 Å². The van der Waals surface area contributed by atoms with Gasteiger partial charge < -0.3 is 5.32 Å². The first kappa shape index (κ1) is 17.5. The summed E-state index contributed by atoms with van der Waals surface area (Å²) in [5.74, 6) is 0.778. The van der Waals surface area contributed by atoms with E-state index in [9.17, 15) is 8.42 Å². The molecular formula is C14H24N2O2S2. The number of aromatic nitrogens is 1. The minimum Gasteiger partial charge on any atom is -0.309 e. The van der Waals surface area contributed by atoms with Crippen molar-refractivity contribution in [2.45, 2.75) is 37.6 Å². The van der Waals surface area contributed by atoms with E-state index < -0.39 is 9.84 Å². The first-order valence-electron chi connectivity index (χ1n) is 6.96. The Morgan fingerprint density at radius 3 is 2.60 bits per heavy atom. The third-order valence-electron chi connectivity index (χ3n) is 2.89. The second-order valence-corrected chi connectivity index (χ2v) is 8.24. The number of rotatable bonds is 9. The molecule has 114 valence electrons. The molecule has 0 aliphatic rings. The van der Waals surface area contributed by atoms with Gasteiger partial charge in [0.2, 0.25) is 0 Å². The van der Waals surface area contributed by atoms with Crippen molar-refractivity contribution in [3.63, 3.8) is 0 Å². The highest BCUT2D eigenvalue weighted by Gasteiger charge is 2.09. The summed E-state index contributed by atoms with van der Waals surface area (Å²) in [5, 5.41) is 3.47. The van der Waals surface area contributed by atoms with Gasteiger partial charge in [-0.3, -0.25) is 4.98 Å². The van der Waals surface area contributed by atoms with E-state index in [2.05, 4.69) is 24.1 Å². The molecule has 0 aromatic carbocycles. The predicted octanol–water partition coefficient (Wildman–Crippen LogP) is 2.67. The van der Waals surface area contributed by atoms with Crippen molar-refractivity contribution in [1.29, 1.82) is 0 Å². The summed E-state index contributed by atoms with van der Waals surface area (Å²) in [6.45, 7) is 5.28. The molecule has 0 spiro atoms. The number of pyridine rings is 1. The maximum absolute atomic E-state index is 11.1. The minimum absolute atomic E-state index is 0.203. The molecule has 20 heavy (non-hydrogen) atoms. The summed E-state index contributed by atoms with van der Waals surface area (Å²) < 4.78 is 22.1. The molecule has 0 fully saturated rings. The van der Waals surface area contributed by atoms with E-state index >= 15 is 0 Å². The van der Waals surface area contributed by atoms with Crippen LogP contribution in [-0.2, 0) is 9.84 Å². The standard InChI is InChI=1S/C14H24N2O2S2/c1-4-8-15-13(5-2)14-7-6-12(11-16-14)19-9-10-20(3,17)18/h6-7,11,13,15H,4-5,8-10H2,1-3H3. The molecule has 0 aliphatic heterocycles. The molecule has 0 saturated carbocycles. The van der Waals surface area contributed by atoms with E-state index in [0.29, 0.717) is 11.8 Å². The van der Waals surface area contributed by atoms with Gasteiger partial charge in [-0.05, 0) is 31.5 Å². The minimum atomic E-state index is -2.88. The van der Waals surface area contributed by atoms with Crippen LogP contribution in [0.4, 0.5) is 0 Å². The summed E-state index contributed by atoms with van der Waals surface area (Å²) in [6, 6.07) is 4.34. The zero-order chi connectivity index (χ0) is 15.0. The van der Waals surface area contributed by atoms with Crippen LogP contribution in [0.3, 0.4) is 0 Å². The van der Waals surface area contributed by atoms with Gasteiger partial charge in [-0.1, -0.05) is 13.8 Å². The largest absolute Gasteiger partial charge is 0.309 e. The lowest BCUT2D eigenvalue weighted by molar-refractivity contribution is 0.507. The van der Waals surface area contributed by atoms with E-state index in [1.165, 1.54) is 18.0 Å². The van der Waals surface area contributed by atoms with E-state index in [4.69, 9.17) is 0 Å². The van der Waals surface area contributed by atoms with Gasteiger partial charge in [0.25, 0.3) is 0 Å². The molecule has 4 nitrogen and oxygen atoms in total. The topological polar surface area (TPSA) is 59.1 Å². The maximum Gasteiger partial charge on any atom is 0.148 e. The molecule has 1 aromatic rings. The first-order valence-corrected chi connectivity index (χ1v) is 10.0. The summed E-state index contributed by atoms with van der Waals surface area (Å²) in [5.41, 5.74) is 1.05. The van der Waals surface area contributed by atoms with Gasteiger partial charge in [0.1, 0.15) is 9.84 Å². The molecule has 1 rings (SSSR count). The Labute approximate surface area is 126 Å². The number of nitrogens with zero attached hydrogens (tertiary/aromatic N) is 1. The number of sulfone groups is 1. The summed E-state index contributed by atoms with van der Waals surface area (Å²) in [6.07, 6.45) is 5.21. The van der Waals surface area contributed by atoms with Crippen molar-refractivity contribution >= 4 is 21.6 Å². The van der Waals surface area contributed by atoms with E-state index in [1.807, 2.05) is 18.3 Å². The van der Waals surface area contributed by atoms with Crippen molar-refractivity contribution in [3.05, 3.63) is 24.0 Å². The molecule has 0 bridgehead atoms. The van der Waals surface area contributed by atoms with Crippen LogP contribution in [0, 0.1) is 0 Å². The average Bonchev–Trinajstić information content (AvgIpc) is 2.40. The third-order valence-corrected chi connectivity index (χ3v) is 5.08. The molecule has 1 heterocycles. The fraction of sp³-hybridized carbons (Fsp3) is 0.643. The molecular weight excluding hydrogens is 292 g/mol. The highest BCUT2D eigenvalue weighted by molar-refractivity contribution is 8.00. The molecule has 1 unspecified atom stereocenters.